The number of hydrogen-bond acceptors (Lipinski definition) is 2. The maximum atomic E-state index is 12.7. The molecule has 2 N–H and O–H groups in total. The molecule has 1 aromatic rings. The van der Waals surface area contributed by atoms with Gasteiger partial charge in [0.15, 0.2) is 0 Å². The van der Waals surface area contributed by atoms with Crippen molar-refractivity contribution in [1.82, 2.24) is 10.3 Å². The highest BCUT2D eigenvalue weighted by Gasteiger charge is 2.17. The Hall–Kier alpha value is -0.970. The third-order valence-electron chi connectivity index (χ3n) is 2.45. The standard InChI is InChI=1S/C10H13FN2OS/c11-7-5-9(12-6-7)10(14)13-8-1-3-15-4-2-8/h5-6,8,12H,1-4H2,(H,13,14). The Bertz CT molecular complexity index is 347. The van der Waals surface area contributed by atoms with E-state index in [1.807, 2.05) is 11.8 Å². The maximum Gasteiger partial charge on any atom is 0.268 e. The molecule has 1 aliphatic rings. The lowest BCUT2D eigenvalue weighted by Gasteiger charge is -2.22. The van der Waals surface area contributed by atoms with Gasteiger partial charge in [0.2, 0.25) is 0 Å². The lowest BCUT2D eigenvalue weighted by atomic mass is 10.1. The Morgan fingerprint density at radius 3 is 2.87 bits per heavy atom. The maximum absolute atomic E-state index is 12.7. The molecule has 2 rings (SSSR count). The summed E-state index contributed by atoms with van der Waals surface area (Å²) in [6, 6.07) is 1.46. The van der Waals surface area contributed by atoms with Gasteiger partial charge in [-0.15, -0.1) is 0 Å². The third-order valence-corrected chi connectivity index (χ3v) is 3.50. The summed E-state index contributed by atoms with van der Waals surface area (Å²) in [6.07, 6.45) is 3.19. The van der Waals surface area contributed by atoms with Gasteiger partial charge in [-0.1, -0.05) is 0 Å². The van der Waals surface area contributed by atoms with Gasteiger partial charge in [-0.3, -0.25) is 4.79 Å². The predicted molar refractivity (Wildman–Crippen MR) is 58.6 cm³/mol. The summed E-state index contributed by atoms with van der Waals surface area (Å²) >= 11 is 1.91. The lowest BCUT2D eigenvalue weighted by Crippen LogP contribution is -2.37. The summed E-state index contributed by atoms with van der Waals surface area (Å²) in [5, 5.41) is 2.90. The SMILES string of the molecule is O=C(NC1CCSCC1)c1cc(F)c[nH]1. The van der Waals surface area contributed by atoms with Gasteiger partial charge >= 0.3 is 0 Å². The molecule has 1 aliphatic heterocycles. The molecular weight excluding hydrogens is 215 g/mol. The van der Waals surface area contributed by atoms with Crippen LogP contribution in [0.2, 0.25) is 0 Å². The van der Waals surface area contributed by atoms with E-state index in [9.17, 15) is 9.18 Å². The summed E-state index contributed by atoms with van der Waals surface area (Å²) in [7, 11) is 0. The van der Waals surface area contributed by atoms with Crippen molar-refractivity contribution < 1.29 is 9.18 Å². The minimum absolute atomic E-state index is 0.212. The Morgan fingerprint density at radius 1 is 1.53 bits per heavy atom. The molecule has 2 heterocycles. The lowest BCUT2D eigenvalue weighted by molar-refractivity contribution is 0.0930. The number of carbonyl (C=O) groups is 1. The molecule has 0 radical (unpaired) electrons. The normalized spacial score (nSPS) is 17.7. The van der Waals surface area contributed by atoms with E-state index in [2.05, 4.69) is 10.3 Å². The fraction of sp³-hybridized carbons (Fsp3) is 0.500. The number of hydrogen-bond donors (Lipinski definition) is 2. The van der Waals surface area contributed by atoms with Crippen molar-refractivity contribution in [2.24, 2.45) is 0 Å². The largest absolute Gasteiger partial charge is 0.355 e. The van der Waals surface area contributed by atoms with Gasteiger partial charge in [-0.05, 0) is 24.3 Å². The van der Waals surface area contributed by atoms with E-state index >= 15 is 0 Å². The van der Waals surface area contributed by atoms with Crippen molar-refractivity contribution in [1.29, 1.82) is 0 Å². The van der Waals surface area contributed by atoms with Gasteiger partial charge in [-0.25, -0.2) is 4.39 Å². The summed E-state index contributed by atoms with van der Waals surface area (Å²) in [5.74, 6) is 1.56. The van der Waals surface area contributed by atoms with Crippen molar-refractivity contribution in [2.75, 3.05) is 11.5 Å². The first-order valence-corrected chi connectivity index (χ1v) is 6.14. The molecule has 1 amide bonds. The number of halogens is 1. The molecule has 0 atom stereocenters. The van der Waals surface area contributed by atoms with E-state index in [4.69, 9.17) is 0 Å². The smallest absolute Gasteiger partial charge is 0.268 e. The number of aromatic amines is 1. The average Bonchev–Trinajstić information content (AvgIpc) is 2.66. The molecule has 0 unspecified atom stereocenters. The number of H-pyrrole nitrogens is 1. The van der Waals surface area contributed by atoms with Crippen molar-refractivity contribution in [3.05, 3.63) is 23.8 Å². The van der Waals surface area contributed by atoms with Crippen molar-refractivity contribution in [3.63, 3.8) is 0 Å². The van der Waals surface area contributed by atoms with E-state index in [-0.39, 0.29) is 11.9 Å². The van der Waals surface area contributed by atoms with Crippen LogP contribution in [-0.2, 0) is 0 Å². The van der Waals surface area contributed by atoms with Gasteiger partial charge in [0.1, 0.15) is 11.5 Å². The predicted octanol–water partition coefficient (Wildman–Crippen LogP) is 1.78. The first-order chi connectivity index (χ1) is 7.25. The van der Waals surface area contributed by atoms with Crippen LogP contribution in [0.5, 0.6) is 0 Å². The van der Waals surface area contributed by atoms with E-state index in [1.54, 1.807) is 0 Å². The van der Waals surface area contributed by atoms with Gasteiger partial charge in [0, 0.05) is 18.3 Å². The van der Waals surface area contributed by atoms with E-state index in [0.29, 0.717) is 5.69 Å². The van der Waals surface area contributed by atoms with Crippen LogP contribution >= 0.6 is 11.8 Å². The highest BCUT2D eigenvalue weighted by Crippen LogP contribution is 2.17. The number of aromatic nitrogens is 1. The highest BCUT2D eigenvalue weighted by molar-refractivity contribution is 7.99. The molecule has 3 nitrogen and oxygen atoms in total. The molecule has 0 saturated carbocycles. The van der Waals surface area contributed by atoms with Crippen LogP contribution < -0.4 is 5.32 Å². The van der Waals surface area contributed by atoms with Gasteiger partial charge < -0.3 is 10.3 Å². The second-order valence-electron chi connectivity index (χ2n) is 3.59. The van der Waals surface area contributed by atoms with Crippen molar-refractivity contribution in [3.8, 4) is 0 Å². The summed E-state index contributed by atoms with van der Waals surface area (Å²) in [5.41, 5.74) is 0.297. The number of nitrogens with one attached hydrogen (secondary N) is 2. The highest BCUT2D eigenvalue weighted by atomic mass is 32.2. The zero-order valence-corrected chi connectivity index (χ0v) is 9.07. The van der Waals surface area contributed by atoms with E-state index < -0.39 is 5.82 Å². The second-order valence-corrected chi connectivity index (χ2v) is 4.82. The zero-order valence-electron chi connectivity index (χ0n) is 8.25. The van der Waals surface area contributed by atoms with Gasteiger partial charge in [0.05, 0.1) is 0 Å². The first kappa shape index (κ1) is 10.5. The van der Waals surface area contributed by atoms with Crippen LogP contribution in [0, 0.1) is 5.82 Å². The number of rotatable bonds is 2. The van der Waals surface area contributed by atoms with Gasteiger partial charge in [-0.2, -0.15) is 11.8 Å². The van der Waals surface area contributed by atoms with Crippen LogP contribution in [0.25, 0.3) is 0 Å². The van der Waals surface area contributed by atoms with Crippen LogP contribution in [0.15, 0.2) is 12.3 Å². The first-order valence-electron chi connectivity index (χ1n) is 4.98. The molecular formula is C10H13FN2OS. The molecule has 0 aliphatic carbocycles. The van der Waals surface area contributed by atoms with Crippen molar-refractivity contribution in [2.45, 2.75) is 18.9 Å². The van der Waals surface area contributed by atoms with E-state index in [1.165, 1.54) is 12.3 Å². The molecule has 0 spiro atoms. The van der Waals surface area contributed by atoms with Crippen LogP contribution in [0.1, 0.15) is 23.3 Å². The summed E-state index contributed by atoms with van der Waals surface area (Å²) in [6.45, 7) is 0. The molecule has 15 heavy (non-hydrogen) atoms. The topological polar surface area (TPSA) is 44.9 Å². The fourth-order valence-corrected chi connectivity index (χ4v) is 2.71. The summed E-state index contributed by atoms with van der Waals surface area (Å²) < 4.78 is 12.7. The summed E-state index contributed by atoms with van der Waals surface area (Å²) in [4.78, 5) is 14.2. The average molecular weight is 228 g/mol. The molecule has 1 saturated heterocycles. The molecule has 1 fully saturated rings. The van der Waals surface area contributed by atoms with Crippen LogP contribution in [0.4, 0.5) is 4.39 Å². The van der Waals surface area contributed by atoms with E-state index in [0.717, 1.165) is 24.3 Å². The fourth-order valence-electron chi connectivity index (χ4n) is 1.60. The van der Waals surface area contributed by atoms with Crippen LogP contribution in [-0.4, -0.2) is 28.4 Å². The minimum atomic E-state index is -0.403. The monoisotopic (exact) mass is 228 g/mol. The number of thioether (sulfide) groups is 1. The Balaban J connectivity index is 1.91. The van der Waals surface area contributed by atoms with Crippen molar-refractivity contribution >= 4 is 17.7 Å². The molecule has 0 bridgehead atoms. The van der Waals surface area contributed by atoms with Gasteiger partial charge in [0.25, 0.3) is 5.91 Å². The third kappa shape index (κ3) is 2.75. The Kier molecular flexibility index (Phi) is 3.30. The molecule has 0 aromatic carbocycles. The quantitative estimate of drug-likeness (QED) is 0.810. The van der Waals surface area contributed by atoms with Crippen LogP contribution in [0.3, 0.4) is 0 Å². The second kappa shape index (κ2) is 4.70. The molecule has 5 heteroatoms. The Morgan fingerprint density at radius 2 is 2.27 bits per heavy atom. The molecule has 1 aromatic heterocycles. The minimum Gasteiger partial charge on any atom is -0.355 e. The number of amides is 1. The Labute approximate surface area is 91.8 Å². The zero-order chi connectivity index (χ0) is 10.7. The molecule has 82 valence electrons. The number of carbonyl (C=O) groups excluding carboxylic acids is 1.